The number of rotatable bonds is 7. The van der Waals surface area contributed by atoms with Crippen LogP contribution in [-0.4, -0.2) is 25.2 Å². The SMILES string of the molecule is CC(C)OCCCNC(=O)c1ccc(-c2ccc(F)c(F)c2)s1. The number of thiophene rings is 1. The minimum absolute atomic E-state index is 0.173. The monoisotopic (exact) mass is 339 g/mol. The first-order valence-corrected chi connectivity index (χ1v) is 8.24. The number of ether oxygens (including phenoxy) is 1. The molecule has 1 aromatic carbocycles. The second-order valence-corrected chi connectivity index (χ2v) is 6.41. The first-order valence-electron chi connectivity index (χ1n) is 7.42. The van der Waals surface area contributed by atoms with Crippen LogP contribution in [-0.2, 0) is 4.74 Å². The Balaban J connectivity index is 1.90. The van der Waals surface area contributed by atoms with Gasteiger partial charge in [-0.25, -0.2) is 8.78 Å². The van der Waals surface area contributed by atoms with Crippen LogP contribution in [0.4, 0.5) is 8.78 Å². The van der Waals surface area contributed by atoms with E-state index in [1.54, 1.807) is 12.1 Å². The lowest BCUT2D eigenvalue weighted by molar-refractivity contribution is 0.0757. The molecule has 1 aromatic heterocycles. The number of benzene rings is 1. The van der Waals surface area contributed by atoms with E-state index in [0.717, 1.165) is 23.4 Å². The van der Waals surface area contributed by atoms with Gasteiger partial charge in [0.1, 0.15) is 0 Å². The predicted molar refractivity (Wildman–Crippen MR) is 87.7 cm³/mol. The molecule has 0 spiro atoms. The third-order valence-corrected chi connectivity index (χ3v) is 4.22. The molecule has 1 N–H and O–H groups in total. The summed E-state index contributed by atoms with van der Waals surface area (Å²) >= 11 is 1.24. The molecule has 0 unspecified atom stereocenters. The van der Waals surface area contributed by atoms with E-state index < -0.39 is 11.6 Å². The Hall–Kier alpha value is -1.79. The molecule has 3 nitrogen and oxygen atoms in total. The van der Waals surface area contributed by atoms with Crippen LogP contribution in [0.25, 0.3) is 10.4 Å². The molecule has 0 aliphatic rings. The molecule has 23 heavy (non-hydrogen) atoms. The van der Waals surface area contributed by atoms with Crippen molar-refractivity contribution in [1.82, 2.24) is 5.32 Å². The van der Waals surface area contributed by atoms with E-state index in [1.165, 1.54) is 17.4 Å². The van der Waals surface area contributed by atoms with Gasteiger partial charge in [-0.05, 0) is 50.1 Å². The van der Waals surface area contributed by atoms with Crippen LogP contribution in [0.3, 0.4) is 0 Å². The molecule has 0 saturated heterocycles. The number of halogens is 2. The van der Waals surface area contributed by atoms with Crippen molar-refractivity contribution in [3.8, 4) is 10.4 Å². The lowest BCUT2D eigenvalue weighted by Crippen LogP contribution is -2.24. The molecule has 1 heterocycles. The van der Waals surface area contributed by atoms with E-state index in [4.69, 9.17) is 4.74 Å². The summed E-state index contributed by atoms with van der Waals surface area (Å²) < 4.78 is 31.6. The predicted octanol–water partition coefficient (Wildman–Crippen LogP) is 4.24. The zero-order chi connectivity index (χ0) is 16.8. The number of nitrogens with one attached hydrogen (secondary N) is 1. The third-order valence-electron chi connectivity index (χ3n) is 3.09. The number of hydrogen-bond acceptors (Lipinski definition) is 3. The summed E-state index contributed by atoms with van der Waals surface area (Å²) in [6, 6.07) is 7.12. The second kappa shape index (κ2) is 8.17. The van der Waals surface area contributed by atoms with Crippen LogP contribution in [0.2, 0.25) is 0 Å². The highest BCUT2D eigenvalue weighted by molar-refractivity contribution is 7.17. The van der Waals surface area contributed by atoms with Gasteiger partial charge in [0.25, 0.3) is 5.91 Å². The topological polar surface area (TPSA) is 38.3 Å². The van der Waals surface area contributed by atoms with Crippen LogP contribution >= 0.6 is 11.3 Å². The maximum Gasteiger partial charge on any atom is 0.261 e. The van der Waals surface area contributed by atoms with Crippen molar-refractivity contribution >= 4 is 17.2 Å². The lowest BCUT2D eigenvalue weighted by atomic mass is 10.2. The average Bonchev–Trinajstić information content (AvgIpc) is 2.99. The van der Waals surface area contributed by atoms with Crippen LogP contribution in [0.15, 0.2) is 30.3 Å². The molecule has 0 aliphatic heterocycles. The van der Waals surface area contributed by atoms with Gasteiger partial charge in [-0.2, -0.15) is 0 Å². The van der Waals surface area contributed by atoms with E-state index >= 15 is 0 Å². The Morgan fingerprint density at radius 3 is 2.70 bits per heavy atom. The quantitative estimate of drug-likeness (QED) is 0.766. The molecule has 0 atom stereocenters. The highest BCUT2D eigenvalue weighted by atomic mass is 32.1. The molecule has 1 amide bonds. The molecule has 0 saturated carbocycles. The molecule has 2 rings (SSSR count). The van der Waals surface area contributed by atoms with Crippen molar-refractivity contribution in [1.29, 1.82) is 0 Å². The Labute approximate surface area is 138 Å². The summed E-state index contributed by atoms with van der Waals surface area (Å²) in [7, 11) is 0. The summed E-state index contributed by atoms with van der Waals surface area (Å²) in [4.78, 5) is 13.3. The summed E-state index contributed by atoms with van der Waals surface area (Å²) in [6.45, 7) is 5.06. The minimum atomic E-state index is -0.896. The van der Waals surface area contributed by atoms with Crippen molar-refractivity contribution in [3.05, 3.63) is 46.8 Å². The zero-order valence-electron chi connectivity index (χ0n) is 13.1. The van der Waals surface area contributed by atoms with Gasteiger partial charge in [0, 0.05) is 18.0 Å². The molecule has 6 heteroatoms. The highest BCUT2D eigenvalue weighted by Gasteiger charge is 2.11. The van der Waals surface area contributed by atoms with Gasteiger partial charge in [0.05, 0.1) is 11.0 Å². The van der Waals surface area contributed by atoms with Crippen LogP contribution in [0, 0.1) is 11.6 Å². The number of carbonyl (C=O) groups is 1. The molecular weight excluding hydrogens is 320 g/mol. The molecule has 124 valence electrons. The van der Waals surface area contributed by atoms with E-state index in [2.05, 4.69) is 5.32 Å². The number of hydrogen-bond donors (Lipinski definition) is 1. The van der Waals surface area contributed by atoms with Gasteiger partial charge in [-0.3, -0.25) is 4.79 Å². The van der Waals surface area contributed by atoms with E-state index in [0.29, 0.717) is 23.6 Å². The molecular formula is C17H19F2NO2S. The summed E-state index contributed by atoms with van der Waals surface area (Å²) in [5, 5.41) is 2.82. The largest absolute Gasteiger partial charge is 0.379 e. The average molecular weight is 339 g/mol. The highest BCUT2D eigenvalue weighted by Crippen LogP contribution is 2.29. The van der Waals surface area contributed by atoms with Crippen molar-refractivity contribution in [2.24, 2.45) is 0 Å². The van der Waals surface area contributed by atoms with Gasteiger partial charge < -0.3 is 10.1 Å². The first kappa shape index (κ1) is 17.6. The molecule has 2 aromatic rings. The van der Waals surface area contributed by atoms with E-state index in [1.807, 2.05) is 13.8 Å². The van der Waals surface area contributed by atoms with Gasteiger partial charge in [0.15, 0.2) is 11.6 Å². The fourth-order valence-electron chi connectivity index (χ4n) is 1.94. The fraction of sp³-hybridized carbons (Fsp3) is 0.353. The standard InChI is InChI=1S/C17H19F2NO2S/c1-11(2)22-9-3-8-20-17(21)16-7-6-15(23-16)12-4-5-13(18)14(19)10-12/h4-7,10-11H,3,8-9H2,1-2H3,(H,20,21). The summed E-state index contributed by atoms with van der Waals surface area (Å²) in [5.74, 6) is -1.95. The fourth-order valence-corrected chi connectivity index (χ4v) is 2.86. The summed E-state index contributed by atoms with van der Waals surface area (Å²) in [6.07, 6.45) is 0.923. The second-order valence-electron chi connectivity index (χ2n) is 5.32. The van der Waals surface area contributed by atoms with Crippen LogP contribution < -0.4 is 5.32 Å². The minimum Gasteiger partial charge on any atom is -0.379 e. The lowest BCUT2D eigenvalue weighted by Gasteiger charge is -2.07. The van der Waals surface area contributed by atoms with Gasteiger partial charge >= 0.3 is 0 Å². The van der Waals surface area contributed by atoms with Crippen molar-refractivity contribution in [3.63, 3.8) is 0 Å². The summed E-state index contributed by atoms with van der Waals surface area (Å²) in [5.41, 5.74) is 0.554. The third kappa shape index (κ3) is 5.11. The van der Waals surface area contributed by atoms with Gasteiger partial charge in [-0.15, -0.1) is 11.3 Å². The molecule has 0 bridgehead atoms. The number of carbonyl (C=O) groups excluding carboxylic acids is 1. The molecule has 0 radical (unpaired) electrons. The zero-order valence-corrected chi connectivity index (χ0v) is 13.9. The smallest absolute Gasteiger partial charge is 0.261 e. The maximum atomic E-state index is 13.3. The van der Waals surface area contributed by atoms with E-state index in [-0.39, 0.29) is 12.0 Å². The van der Waals surface area contributed by atoms with E-state index in [9.17, 15) is 13.6 Å². The Morgan fingerprint density at radius 2 is 2.00 bits per heavy atom. The van der Waals surface area contributed by atoms with Gasteiger partial charge in [0.2, 0.25) is 0 Å². The van der Waals surface area contributed by atoms with Crippen molar-refractivity contribution < 1.29 is 18.3 Å². The first-order chi connectivity index (χ1) is 11.0. The van der Waals surface area contributed by atoms with Crippen molar-refractivity contribution in [2.45, 2.75) is 26.4 Å². The Kier molecular flexibility index (Phi) is 6.24. The molecule has 0 aliphatic carbocycles. The van der Waals surface area contributed by atoms with Crippen LogP contribution in [0.5, 0.6) is 0 Å². The maximum absolute atomic E-state index is 13.3. The number of amides is 1. The Bertz CT molecular complexity index is 670. The molecule has 0 fully saturated rings. The Morgan fingerprint density at radius 1 is 1.22 bits per heavy atom. The van der Waals surface area contributed by atoms with Gasteiger partial charge in [-0.1, -0.05) is 6.07 Å². The van der Waals surface area contributed by atoms with Crippen molar-refractivity contribution in [2.75, 3.05) is 13.2 Å². The normalized spacial score (nSPS) is 11.0. The van der Waals surface area contributed by atoms with Crippen LogP contribution in [0.1, 0.15) is 29.9 Å².